The number of hydrogen-bond donors (Lipinski definition) is 6. The van der Waals surface area contributed by atoms with Crippen LogP contribution in [-0.4, -0.2) is 58.7 Å². The molecule has 0 aliphatic carbocycles. The average Bonchev–Trinajstić information content (AvgIpc) is 3.24. The zero-order valence-electron chi connectivity index (χ0n) is 16.6. The number of anilines is 2. The molecule has 0 fully saturated rings. The van der Waals surface area contributed by atoms with Crippen LogP contribution in [0.5, 0.6) is 0 Å². The molecule has 170 valence electrons. The molecular weight excluding hydrogens is 442 g/mol. The van der Waals surface area contributed by atoms with Crippen molar-refractivity contribution in [2.24, 2.45) is 5.73 Å². The van der Waals surface area contributed by atoms with Crippen molar-refractivity contribution < 1.29 is 29.7 Å². The Hall–Kier alpha value is -3.91. The van der Waals surface area contributed by atoms with E-state index in [1.807, 2.05) is 6.07 Å². The van der Waals surface area contributed by atoms with Gasteiger partial charge in [-0.3, -0.25) is 4.79 Å². The van der Waals surface area contributed by atoms with Gasteiger partial charge in [0, 0.05) is 11.3 Å². The Morgan fingerprint density at radius 3 is 2.28 bits per heavy atom. The third-order valence-corrected chi connectivity index (χ3v) is 5.14. The van der Waals surface area contributed by atoms with Crippen LogP contribution >= 0.6 is 11.3 Å². The van der Waals surface area contributed by atoms with Crippen LogP contribution in [0.15, 0.2) is 23.7 Å². The fourth-order valence-electron chi connectivity index (χ4n) is 2.42. The molecule has 9 N–H and O–H groups in total. The molecular formula is C18H21N7O6S. The van der Waals surface area contributed by atoms with Gasteiger partial charge in [-0.25, -0.2) is 19.6 Å². The van der Waals surface area contributed by atoms with Gasteiger partial charge in [-0.2, -0.15) is 9.97 Å². The second-order valence-electron chi connectivity index (χ2n) is 6.56. The molecule has 0 aliphatic rings. The van der Waals surface area contributed by atoms with Crippen LogP contribution in [0.3, 0.4) is 0 Å². The average molecular weight is 463 g/mol. The quantitative estimate of drug-likeness (QED) is 0.244. The molecule has 14 heteroatoms. The molecule has 0 amide bonds. The number of thiophene rings is 1. The fourth-order valence-corrected chi connectivity index (χ4v) is 3.13. The van der Waals surface area contributed by atoms with E-state index in [4.69, 9.17) is 32.5 Å². The predicted octanol–water partition coefficient (Wildman–Crippen LogP) is 0.149. The van der Waals surface area contributed by atoms with Gasteiger partial charge in [-0.1, -0.05) is 6.07 Å². The maximum Gasteiger partial charge on any atom is 0.335 e. The number of nitrogens with two attached hydrogens (primary N) is 3. The highest BCUT2D eigenvalue weighted by Gasteiger charge is 2.42. The summed E-state index contributed by atoms with van der Waals surface area (Å²) in [4.78, 5) is 48.7. The lowest BCUT2D eigenvalue weighted by atomic mass is 9.95. The number of nitrogen functional groups attached to an aromatic ring is 2. The lowest BCUT2D eigenvalue weighted by molar-refractivity contribution is -0.157. The SMILES string of the molecule is NC(CCC(=O)O)(C(=O)O)C(=O)O.Nc1nc(N)c2nc(CCc3cccs3)cnc2n1. The molecule has 0 radical (unpaired) electrons. The van der Waals surface area contributed by atoms with Gasteiger partial charge in [-0.05, 0) is 30.7 Å². The number of hydrogen-bond acceptors (Lipinski definition) is 11. The van der Waals surface area contributed by atoms with Gasteiger partial charge in [0.1, 0.15) is 0 Å². The summed E-state index contributed by atoms with van der Waals surface area (Å²) >= 11 is 1.74. The summed E-state index contributed by atoms with van der Waals surface area (Å²) in [7, 11) is 0. The standard InChI is InChI=1S/C12H12N6S.C6H9NO6/c13-10-9-11(18-12(14)17-10)15-6-7(16-9)3-4-8-2-1-5-19-8;7-6(4(10)11,5(12)13)2-1-3(8)9/h1-2,5-6H,3-4H2,(H4,13,14,15,17,18);1-2,7H2,(H,8,9)(H,10,11)(H,12,13). The first-order chi connectivity index (χ1) is 15.0. The second-order valence-corrected chi connectivity index (χ2v) is 7.59. The summed E-state index contributed by atoms with van der Waals surface area (Å²) < 4.78 is 0. The molecule has 0 unspecified atom stereocenters. The number of rotatable bonds is 8. The van der Waals surface area contributed by atoms with Crippen molar-refractivity contribution in [3.8, 4) is 0 Å². The van der Waals surface area contributed by atoms with Crippen LogP contribution < -0.4 is 17.2 Å². The number of aliphatic carboxylic acids is 3. The maximum atomic E-state index is 10.4. The number of fused-ring (bicyclic) bond motifs is 1. The number of aromatic nitrogens is 4. The minimum atomic E-state index is -2.52. The zero-order valence-corrected chi connectivity index (χ0v) is 17.4. The monoisotopic (exact) mass is 463 g/mol. The van der Waals surface area contributed by atoms with Crippen LogP contribution in [-0.2, 0) is 27.2 Å². The minimum absolute atomic E-state index is 0.116. The third-order valence-electron chi connectivity index (χ3n) is 4.21. The summed E-state index contributed by atoms with van der Waals surface area (Å²) in [5.74, 6) is -4.40. The Labute approximate surface area is 185 Å². The summed E-state index contributed by atoms with van der Waals surface area (Å²) in [6, 6.07) is 4.15. The topological polar surface area (TPSA) is 242 Å². The lowest BCUT2D eigenvalue weighted by Gasteiger charge is -2.17. The number of carboxylic acids is 3. The maximum absolute atomic E-state index is 10.4. The van der Waals surface area contributed by atoms with Crippen molar-refractivity contribution >= 4 is 52.2 Å². The summed E-state index contributed by atoms with van der Waals surface area (Å²) in [5, 5.41) is 27.1. The Morgan fingerprint density at radius 1 is 1.03 bits per heavy atom. The van der Waals surface area contributed by atoms with Crippen LogP contribution in [0.4, 0.5) is 11.8 Å². The molecule has 0 saturated heterocycles. The van der Waals surface area contributed by atoms with Crippen molar-refractivity contribution in [1.29, 1.82) is 0 Å². The minimum Gasteiger partial charge on any atom is -0.481 e. The molecule has 0 aromatic carbocycles. The van der Waals surface area contributed by atoms with Crippen molar-refractivity contribution in [2.75, 3.05) is 11.5 Å². The molecule has 0 spiro atoms. The normalized spacial score (nSPS) is 10.9. The first-order valence-corrected chi connectivity index (χ1v) is 9.95. The lowest BCUT2D eigenvalue weighted by Crippen LogP contribution is -2.55. The second kappa shape index (κ2) is 10.4. The molecule has 0 saturated carbocycles. The van der Waals surface area contributed by atoms with Crippen LogP contribution in [0.25, 0.3) is 11.2 Å². The summed E-state index contributed by atoms with van der Waals surface area (Å²) in [6.45, 7) is 0. The molecule has 3 rings (SSSR count). The largest absolute Gasteiger partial charge is 0.481 e. The molecule has 3 aromatic rings. The third kappa shape index (κ3) is 6.29. The number of carbonyl (C=O) groups is 3. The van der Waals surface area contributed by atoms with Gasteiger partial charge in [0.15, 0.2) is 17.0 Å². The highest BCUT2D eigenvalue weighted by Crippen LogP contribution is 2.16. The van der Waals surface area contributed by atoms with Crippen molar-refractivity contribution in [3.05, 3.63) is 34.3 Å². The predicted molar refractivity (Wildman–Crippen MR) is 115 cm³/mol. The van der Waals surface area contributed by atoms with Gasteiger partial charge in [-0.15, -0.1) is 11.3 Å². The molecule has 32 heavy (non-hydrogen) atoms. The Morgan fingerprint density at radius 2 is 1.72 bits per heavy atom. The molecule has 0 atom stereocenters. The van der Waals surface area contributed by atoms with E-state index in [2.05, 4.69) is 31.4 Å². The van der Waals surface area contributed by atoms with E-state index in [1.165, 1.54) is 4.88 Å². The number of aryl methyl sites for hydroxylation is 2. The zero-order chi connectivity index (χ0) is 23.9. The Bertz CT molecular complexity index is 1110. The highest BCUT2D eigenvalue weighted by molar-refractivity contribution is 7.09. The van der Waals surface area contributed by atoms with Crippen molar-refractivity contribution in [3.63, 3.8) is 0 Å². The Balaban J connectivity index is 0.000000247. The molecule has 0 bridgehead atoms. The number of nitrogens with zero attached hydrogens (tertiary/aromatic N) is 4. The van der Waals surface area contributed by atoms with Gasteiger partial charge in [0.25, 0.3) is 0 Å². The first-order valence-electron chi connectivity index (χ1n) is 9.07. The van der Waals surface area contributed by atoms with E-state index >= 15 is 0 Å². The number of carboxylic acid groups (broad SMARTS) is 3. The highest BCUT2D eigenvalue weighted by atomic mass is 32.1. The van der Waals surface area contributed by atoms with Crippen LogP contribution in [0.1, 0.15) is 23.4 Å². The van der Waals surface area contributed by atoms with Crippen LogP contribution in [0, 0.1) is 0 Å². The van der Waals surface area contributed by atoms with E-state index in [0.29, 0.717) is 11.2 Å². The van der Waals surface area contributed by atoms with Crippen LogP contribution in [0.2, 0.25) is 0 Å². The smallest absolute Gasteiger partial charge is 0.335 e. The van der Waals surface area contributed by atoms with E-state index in [-0.39, 0.29) is 11.8 Å². The van der Waals surface area contributed by atoms with E-state index < -0.39 is 36.3 Å². The summed E-state index contributed by atoms with van der Waals surface area (Å²) in [5.41, 5.74) is 15.6. The van der Waals surface area contributed by atoms with Gasteiger partial charge in [0.05, 0.1) is 11.9 Å². The van der Waals surface area contributed by atoms with Gasteiger partial charge in [0.2, 0.25) is 11.5 Å². The molecule has 3 heterocycles. The molecule has 13 nitrogen and oxygen atoms in total. The van der Waals surface area contributed by atoms with Gasteiger partial charge >= 0.3 is 17.9 Å². The van der Waals surface area contributed by atoms with Gasteiger partial charge < -0.3 is 32.5 Å². The summed E-state index contributed by atoms with van der Waals surface area (Å²) in [6.07, 6.45) is 2.21. The van der Waals surface area contributed by atoms with E-state index in [1.54, 1.807) is 17.5 Å². The van der Waals surface area contributed by atoms with E-state index in [9.17, 15) is 14.4 Å². The van der Waals surface area contributed by atoms with E-state index in [0.717, 1.165) is 18.5 Å². The molecule has 0 aliphatic heterocycles. The molecule has 3 aromatic heterocycles. The first kappa shape index (κ1) is 24.4. The van der Waals surface area contributed by atoms with Crippen molar-refractivity contribution in [1.82, 2.24) is 19.9 Å². The fraction of sp³-hybridized carbons (Fsp3) is 0.278. The van der Waals surface area contributed by atoms with Crippen molar-refractivity contribution in [2.45, 2.75) is 31.2 Å². The Kier molecular flexibility index (Phi) is 7.92.